The molecule has 1 aliphatic heterocycles. The number of alkyl halides is 3. The molecule has 0 radical (unpaired) electrons. The number of hydrogen-bond acceptors (Lipinski definition) is 6. The van der Waals surface area contributed by atoms with Crippen LogP contribution < -0.4 is 10.2 Å². The van der Waals surface area contributed by atoms with E-state index in [1.54, 1.807) is 12.4 Å². The Bertz CT molecular complexity index is 986. The Morgan fingerprint density at radius 2 is 2.07 bits per heavy atom. The Kier molecular flexibility index (Phi) is 5.10. The summed E-state index contributed by atoms with van der Waals surface area (Å²) >= 11 is 0. The fraction of sp³-hybridized carbons (Fsp3) is 0.316. The molecule has 29 heavy (non-hydrogen) atoms. The molecule has 7 nitrogen and oxygen atoms in total. The van der Waals surface area contributed by atoms with E-state index in [9.17, 15) is 13.2 Å². The maximum Gasteiger partial charge on any atom is 0.418 e. The normalized spacial score (nSPS) is 14.5. The van der Waals surface area contributed by atoms with E-state index in [1.807, 2.05) is 34.7 Å². The molecule has 0 unspecified atom stereocenters. The van der Waals surface area contributed by atoms with Crippen LogP contribution in [0.25, 0.3) is 0 Å². The second kappa shape index (κ2) is 7.70. The maximum absolute atomic E-state index is 13.2. The van der Waals surface area contributed by atoms with E-state index in [0.717, 1.165) is 11.8 Å². The predicted molar refractivity (Wildman–Crippen MR) is 101 cm³/mol. The lowest BCUT2D eigenvalue weighted by atomic mass is 10.1. The van der Waals surface area contributed by atoms with Gasteiger partial charge in [0.15, 0.2) is 0 Å². The van der Waals surface area contributed by atoms with Gasteiger partial charge in [0.25, 0.3) is 0 Å². The maximum atomic E-state index is 13.2. The van der Waals surface area contributed by atoms with Crippen molar-refractivity contribution in [1.82, 2.24) is 19.7 Å². The predicted octanol–water partition coefficient (Wildman–Crippen LogP) is 3.38. The summed E-state index contributed by atoms with van der Waals surface area (Å²) in [7, 11) is 1.85. The smallest absolute Gasteiger partial charge is 0.379 e. The first-order valence-corrected chi connectivity index (χ1v) is 8.99. The molecule has 3 heterocycles. The molecule has 1 fully saturated rings. The number of anilines is 3. The van der Waals surface area contributed by atoms with Gasteiger partial charge in [0.05, 0.1) is 37.1 Å². The highest BCUT2D eigenvalue weighted by molar-refractivity contribution is 5.65. The van der Waals surface area contributed by atoms with Crippen molar-refractivity contribution in [1.29, 1.82) is 0 Å². The van der Waals surface area contributed by atoms with Gasteiger partial charge in [-0.05, 0) is 30.3 Å². The van der Waals surface area contributed by atoms with Gasteiger partial charge in [-0.15, -0.1) is 10.2 Å². The minimum Gasteiger partial charge on any atom is -0.379 e. The number of benzene rings is 1. The summed E-state index contributed by atoms with van der Waals surface area (Å²) in [6.07, 6.45) is -1.47. The van der Waals surface area contributed by atoms with Gasteiger partial charge in [0, 0.05) is 24.6 Å². The van der Waals surface area contributed by atoms with E-state index in [0.29, 0.717) is 24.8 Å². The van der Waals surface area contributed by atoms with E-state index < -0.39 is 11.7 Å². The summed E-state index contributed by atoms with van der Waals surface area (Å²) in [4.78, 5) is 5.91. The van der Waals surface area contributed by atoms with Crippen LogP contribution >= 0.6 is 0 Å². The molecule has 0 spiro atoms. The van der Waals surface area contributed by atoms with Crippen molar-refractivity contribution in [3.05, 3.63) is 60.2 Å². The molecule has 1 aliphatic rings. The van der Waals surface area contributed by atoms with Crippen molar-refractivity contribution in [3.63, 3.8) is 0 Å². The van der Waals surface area contributed by atoms with Crippen molar-refractivity contribution >= 4 is 17.3 Å². The fourth-order valence-corrected chi connectivity index (χ4v) is 3.15. The highest BCUT2D eigenvalue weighted by atomic mass is 19.4. The molecular weight excluding hydrogens is 385 g/mol. The summed E-state index contributed by atoms with van der Waals surface area (Å²) in [6, 6.07) is 9.85. The molecule has 0 saturated carbocycles. The van der Waals surface area contributed by atoms with Gasteiger partial charge in [0.1, 0.15) is 6.33 Å². The van der Waals surface area contributed by atoms with Crippen LogP contribution in [-0.2, 0) is 24.5 Å². The second-order valence-electron chi connectivity index (χ2n) is 6.70. The van der Waals surface area contributed by atoms with Crippen LogP contribution in [0.1, 0.15) is 11.3 Å². The number of aromatic nitrogens is 4. The first-order chi connectivity index (χ1) is 13.9. The summed E-state index contributed by atoms with van der Waals surface area (Å²) in [5.41, 5.74) is 0.726. The summed E-state index contributed by atoms with van der Waals surface area (Å²) in [5, 5.41) is 11.2. The van der Waals surface area contributed by atoms with Crippen LogP contribution in [0.2, 0.25) is 0 Å². The number of hydrogen-bond donors (Lipinski definition) is 1. The van der Waals surface area contributed by atoms with Gasteiger partial charge in [-0.1, -0.05) is 6.07 Å². The van der Waals surface area contributed by atoms with Crippen molar-refractivity contribution in [2.45, 2.75) is 18.8 Å². The molecule has 2 aromatic heterocycles. The molecular formula is C19H19F3N6O. The molecule has 0 bridgehead atoms. The Hall–Kier alpha value is -3.14. The lowest BCUT2D eigenvalue weighted by molar-refractivity contribution is -0.138. The third-order valence-corrected chi connectivity index (χ3v) is 4.67. The molecule has 0 amide bonds. The number of rotatable bonds is 6. The minimum atomic E-state index is -4.45. The Morgan fingerprint density at radius 1 is 1.24 bits per heavy atom. The minimum absolute atomic E-state index is 0.0460. The summed E-state index contributed by atoms with van der Waals surface area (Å²) in [6.45, 7) is 1.08. The lowest BCUT2D eigenvalue weighted by Crippen LogP contribution is -2.47. The molecule has 1 N–H and O–H groups in total. The van der Waals surface area contributed by atoms with E-state index in [-0.39, 0.29) is 18.3 Å². The average Bonchev–Trinajstić information content (AvgIpc) is 3.08. The summed E-state index contributed by atoms with van der Waals surface area (Å²) < 4.78 is 46.6. The number of ether oxygens (including phenoxy) is 1. The van der Waals surface area contributed by atoms with Crippen molar-refractivity contribution in [3.8, 4) is 0 Å². The van der Waals surface area contributed by atoms with Crippen LogP contribution in [0, 0.1) is 0 Å². The van der Waals surface area contributed by atoms with E-state index in [4.69, 9.17) is 4.74 Å². The van der Waals surface area contributed by atoms with Crippen LogP contribution in [-0.4, -0.2) is 39.0 Å². The average molecular weight is 404 g/mol. The van der Waals surface area contributed by atoms with Crippen LogP contribution in [0.4, 0.5) is 30.5 Å². The topological polar surface area (TPSA) is 68.1 Å². The van der Waals surface area contributed by atoms with Crippen molar-refractivity contribution in [2.24, 2.45) is 7.05 Å². The van der Waals surface area contributed by atoms with Crippen LogP contribution in [0.3, 0.4) is 0 Å². The Labute approximate surface area is 165 Å². The number of halogens is 3. The largest absolute Gasteiger partial charge is 0.418 e. The van der Waals surface area contributed by atoms with E-state index in [1.165, 1.54) is 12.3 Å². The molecule has 10 heteroatoms. The van der Waals surface area contributed by atoms with E-state index in [2.05, 4.69) is 20.5 Å². The van der Waals surface area contributed by atoms with Gasteiger partial charge in [-0.25, -0.2) is 0 Å². The quantitative estimate of drug-likeness (QED) is 0.680. The van der Waals surface area contributed by atoms with Gasteiger partial charge < -0.3 is 19.5 Å². The summed E-state index contributed by atoms with van der Waals surface area (Å²) in [5.74, 6) is 0.666. The number of nitrogens with one attached hydrogen (secondary N) is 1. The lowest BCUT2D eigenvalue weighted by Gasteiger charge is -2.37. The van der Waals surface area contributed by atoms with Crippen molar-refractivity contribution in [2.75, 3.05) is 23.4 Å². The zero-order valence-electron chi connectivity index (χ0n) is 15.6. The Balaban J connectivity index is 1.57. The monoisotopic (exact) mass is 404 g/mol. The highest BCUT2D eigenvalue weighted by Gasteiger charge is 2.34. The molecule has 0 aliphatic carbocycles. The molecule has 0 atom stereocenters. The van der Waals surface area contributed by atoms with E-state index >= 15 is 0 Å². The van der Waals surface area contributed by atoms with Gasteiger partial charge >= 0.3 is 6.18 Å². The second-order valence-corrected chi connectivity index (χ2v) is 6.70. The first kappa shape index (κ1) is 19.2. The SMILES string of the molecule is Cn1cnnc1N(c1cccc(NCc2ncccc2C(F)(F)F)c1)C1COC1. The van der Waals surface area contributed by atoms with Gasteiger partial charge in [-0.3, -0.25) is 4.98 Å². The molecule has 1 saturated heterocycles. The zero-order chi connectivity index (χ0) is 20.4. The van der Waals surface area contributed by atoms with Gasteiger partial charge in [-0.2, -0.15) is 13.2 Å². The first-order valence-electron chi connectivity index (χ1n) is 8.99. The number of aryl methyl sites for hydroxylation is 1. The molecule has 4 rings (SSSR count). The molecule has 3 aromatic rings. The molecule has 152 valence electrons. The zero-order valence-corrected chi connectivity index (χ0v) is 15.6. The fourth-order valence-electron chi connectivity index (χ4n) is 3.15. The third kappa shape index (κ3) is 4.02. The Morgan fingerprint density at radius 3 is 2.72 bits per heavy atom. The highest BCUT2D eigenvalue weighted by Crippen LogP contribution is 2.33. The standard InChI is InChI=1S/C19H19F3N6O/c1-27-12-25-26-18(27)28(15-10-29-11-15)14-5-2-4-13(8-14)24-9-17-16(19(20,21)22)6-3-7-23-17/h2-8,12,15,24H,9-11H2,1H3. The van der Waals surface area contributed by atoms with Crippen molar-refractivity contribution < 1.29 is 17.9 Å². The number of pyridine rings is 1. The number of nitrogens with zero attached hydrogens (tertiary/aromatic N) is 5. The van der Waals surface area contributed by atoms with Gasteiger partial charge in [0.2, 0.25) is 5.95 Å². The third-order valence-electron chi connectivity index (χ3n) is 4.67. The molecule has 1 aromatic carbocycles. The van der Waals surface area contributed by atoms with Crippen LogP contribution in [0.5, 0.6) is 0 Å². The van der Waals surface area contributed by atoms with Crippen LogP contribution in [0.15, 0.2) is 48.9 Å².